The smallest absolute Gasteiger partial charge is 0.228 e. The molecule has 1 N–H and O–H groups in total. The molecular formula is C17H14BrIN2O2. The van der Waals surface area contributed by atoms with E-state index < -0.39 is 0 Å². The summed E-state index contributed by atoms with van der Waals surface area (Å²) in [5.41, 5.74) is 3.03. The third kappa shape index (κ3) is 3.58. The maximum absolute atomic E-state index is 11.8. The first-order chi connectivity index (χ1) is 10.9. The minimum atomic E-state index is -0.0686. The Morgan fingerprint density at radius 2 is 2.04 bits per heavy atom. The molecule has 23 heavy (non-hydrogen) atoms. The lowest BCUT2D eigenvalue weighted by atomic mass is 10.2. The number of aromatic nitrogens is 1. The van der Waals surface area contributed by atoms with Crippen LogP contribution in [0.25, 0.3) is 22.6 Å². The quantitative estimate of drug-likeness (QED) is 0.502. The SMILES string of the molecule is CC(C)C(=O)Nc1ccc2oc(-c3cc(I)ccc3Br)nc2c1. The van der Waals surface area contributed by atoms with Crippen molar-refractivity contribution in [3.8, 4) is 11.5 Å². The van der Waals surface area contributed by atoms with Crippen molar-refractivity contribution in [1.82, 2.24) is 4.98 Å². The van der Waals surface area contributed by atoms with Crippen LogP contribution in [0.2, 0.25) is 0 Å². The molecule has 6 heteroatoms. The molecule has 3 rings (SSSR count). The Kier molecular flexibility index (Phi) is 4.72. The normalized spacial score (nSPS) is 11.2. The van der Waals surface area contributed by atoms with Crippen LogP contribution in [0, 0.1) is 9.49 Å². The van der Waals surface area contributed by atoms with Crippen LogP contribution in [0.3, 0.4) is 0 Å². The number of carbonyl (C=O) groups is 1. The zero-order valence-corrected chi connectivity index (χ0v) is 16.3. The summed E-state index contributed by atoms with van der Waals surface area (Å²) in [6.45, 7) is 3.72. The fraction of sp³-hybridized carbons (Fsp3) is 0.176. The second-order valence-corrected chi connectivity index (χ2v) is 7.57. The van der Waals surface area contributed by atoms with Gasteiger partial charge in [-0.05, 0) is 74.9 Å². The minimum Gasteiger partial charge on any atom is -0.436 e. The molecule has 1 amide bonds. The Hall–Kier alpha value is -1.41. The highest BCUT2D eigenvalue weighted by atomic mass is 127. The molecule has 118 valence electrons. The number of oxazole rings is 1. The molecule has 0 saturated heterocycles. The van der Waals surface area contributed by atoms with Crippen LogP contribution < -0.4 is 5.32 Å². The van der Waals surface area contributed by atoms with E-state index in [1.807, 2.05) is 50.2 Å². The van der Waals surface area contributed by atoms with Gasteiger partial charge >= 0.3 is 0 Å². The topological polar surface area (TPSA) is 55.1 Å². The summed E-state index contributed by atoms with van der Waals surface area (Å²) >= 11 is 5.78. The summed E-state index contributed by atoms with van der Waals surface area (Å²) in [7, 11) is 0. The van der Waals surface area contributed by atoms with Crippen LogP contribution in [0.15, 0.2) is 45.3 Å². The molecule has 0 atom stereocenters. The van der Waals surface area contributed by atoms with Gasteiger partial charge in [0, 0.05) is 19.6 Å². The molecule has 0 bridgehead atoms. The standard InChI is InChI=1S/C17H14BrIN2O2/c1-9(2)16(22)20-11-4-6-15-14(8-11)21-17(23-15)12-7-10(19)3-5-13(12)18/h3-9H,1-2H3,(H,20,22). The lowest BCUT2D eigenvalue weighted by Crippen LogP contribution is -2.17. The van der Waals surface area contributed by atoms with Crippen molar-refractivity contribution in [3.63, 3.8) is 0 Å². The molecule has 2 aromatic carbocycles. The largest absolute Gasteiger partial charge is 0.436 e. The van der Waals surface area contributed by atoms with Gasteiger partial charge in [0.05, 0.1) is 5.56 Å². The fourth-order valence-corrected chi connectivity index (χ4v) is 2.98. The first kappa shape index (κ1) is 16.4. The lowest BCUT2D eigenvalue weighted by Gasteiger charge is -2.06. The predicted molar refractivity (Wildman–Crippen MR) is 103 cm³/mol. The van der Waals surface area contributed by atoms with Crippen molar-refractivity contribution >= 4 is 61.2 Å². The van der Waals surface area contributed by atoms with E-state index in [0.717, 1.165) is 19.3 Å². The van der Waals surface area contributed by atoms with E-state index in [2.05, 4.69) is 48.8 Å². The van der Waals surface area contributed by atoms with Gasteiger partial charge in [-0.1, -0.05) is 13.8 Å². The zero-order chi connectivity index (χ0) is 16.6. The van der Waals surface area contributed by atoms with Crippen molar-refractivity contribution in [2.45, 2.75) is 13.8 Å². The van der Waals surface area contributed by atoms with E-state index >= 15 is 0 Å². The fourth-order valence-electron chi connectivity index (χ4n) is 2.07. The number of amides is 1. The third-order valence-electron chi connectivity index (χ3n) is 3.34. The van der Waals surface area contributed by atoms with Crippen LogP contribution in [0.1, 0.15) is 13.8 Å². The predicted octanol–water partition coefficient (Wildman–Crippen LogP) is 5.46. The first-order valence-electron chi connectivity index (χ1n) is 7.11. The molecule has 0 aliphatic heterocycles. The van der Waals surface area contributed by atoms with Gasteiger partial charge in [0.15, 0.2) is 5.58 Å². The van der Waals surface area contributed by atoms with E-state index in [4.69, 9.17) is 4.42 Å². The minimum absolute atomic E-state index is 0.0200. The molecular weight excluding hydrogens is 471 g/mol. The number of halogens is 2. The molecule has 0 aliphatic rings. The van der Waals surface area contributed by atoms with E-state index in [9.17, 15) is 4.79 Å². The number of benzene rings is 2. The number of anilines is 1. The Bertz CT molecular complexity index is 889. The summed E-state index contributed by atoms with van der Waals surface area (Å²) in [6, 6.07) is 11.5. The van der Waals surface area contributed by atoms with E-state index in [1.165, 1.54) is 0 Å². The number of fused-ring (bicyclic) bond motifs is 1. The van der Waals surface area contributed by atoms with E-state index in [0.29, 0.717) is 17.0 Å². The molecule has 0 spiro atoms. The highest BCUT2D eigenvalue weighted by Gasteiger charge is 2.13. The van der Waals surface area contributed by atoms with Gasteiger partial charge in [-0.15, -0.1) is 0 Å². The van der Waals surface area contributed by atoms with Crippen LogP contribution in [0.4, 0.5) is 5.69 Å². The first-order valence-corrected chi connectivity index (χ1v) is 8.98. The Morgan fingerprint density at radius 3 is 2.78 bits per heavy atom. The highest BCUT2D eigenvalue weighted by molar-refractivity contribution is 14.1. The summed E-state index contributed by atoms with van der Waals surface area (Å²) < 4.78 is 7.87. The van der Waals surface area contributed by atoms with E-state index in [-0.39, 0.29) is 11.8 Å². The average molecular weight is 485 g/mol. The van der Waals surface area contributed by atoms with Gasteiger partial charge < -0.3 is 9.73 Å². The van der Waals surface area contributed by atoms with Gasteiger partial charge in [0.2, 0.25) is 11.8 Å². The van der Waals surface area contributed by atoms with Crippen molar-refractivity contribution in [2.75, 3.05) is 5.32 Å². The van der Waals surface area contributed by atoms with Crippen molar-refractivity contribution in [3.05, 3.63) is 44.4 Å². The second-order valence-electron chi connectivity index (χ2n) is 5.47. The van der Waals surface area contributed by atoms with E-state index in [1.54, 1.807) is 0 Å². The number of rotatable bonds is 3. The molecule has 0 unspecified atom stereocenters. The van der Waals surface area contributed by atoms with Gasteiger partial charge in [-0.25, -0.2) is 4.98 Å². The van der Waals surface area contributed by atoms with Gasteiger partial charge in [-0.2, -0.15) is 0 Å². The maximum atomic E-state index is 11.8. The summed E-state index contributed by atoms with van der Waals surface area (Å²) in [5, 5.41) is 2.87. The Morgan fingerprint density at radius 1 is 1.26 bits per heavy atom. The summed E-state index contributed by atoms with van der Waals surface area (Å²) in [4.78, 5) is 16.3. The third-order valence-corrected chi connectivity index (χ3v) is 4.70. The van der Waals surface area contributed by atoms with Gasteiger partial charge in [0.1, 0.15) is 5.52 Å². The van der Waals surface area contributed by atoms with Gasteiger partial charge in [0.25, 0.3) is 0 Å². The van der Waals surface area contributed by atoms with Crippen LogP contribution >= 0.6 is 38.5 Å². The molecule has 1 aromatic heterocycles. The summed E-state index contributed by atoms with van der Waals surface area (Å²) in [5.74, 6) is 0.465. The lowest BCUT2D eigenvalue weighted by molar-refractivity contribution is -0.118. The molecule has 3 aromatic rings. The maximum Gasteiger partial charge on any atom is 0.228 e. The molecule has 0 radical (unpaired) electrons. The summed E-state index contributed by atoms with van der Waals surface area (Å²) in [6.07, 6.45) is 0. The van der Waals surface area contributed by atoms with Crippen LogP contribution in [-0.4, -0.2) is 10.9 Å². The van der Waals surface area contributed by atoms with Crippen molar-refractivity contribution in [1.29, 1.82) is 0 Å². The monoisotopic (exact) mass is 484 g/mol. The Balaban J connectivity index is 1.99. The van der Waals surface area contributed by atoms with Crippen molar-refractivity contribution in [2.24, 2.45) is 5.92 Å². The molecule has 0 aliphatic carbocycles. The van der Waals surface area contributed by atoms with Gasteiger partial charge in [-0.3, -0.25) is 4.79 Å². The highest BCUT2D eigenvalue weighted by Crippen LogP contribution is 2.32. The van der Waals surface area contributed by atoms with Crippen molar-refractivity contribution < 1.29 is 9.21 Å². The zero-order valence-electron chi connectivity index (χ0n) is 12.6. The second kappa shape index (κ2) is 6.60. The molecule has 1 heterocycles. The van der Waals surface area contributed by atoms with Crippen LogP contribution in [-0.2, 0) is 4.79 Å². The van der Waals surface area contributed by atoms with Crippen LogP contribution in [0.5, 0.6) is 0 Å². The number of hydrogen-bond donors (Lipinski definition) is 1. The molecule has 0 fully saturated rings. The molecule has 0 saturated carbocycles. The Labute approximate surface area is 155 Å². The number of nitrogens with zero attached hydrogens (tertiary/aromatic N) is 1. The molecule has 4 nitrogen and oxygen atoms in total. The number of hydrogen-bond acceptors (Lipinski definition) is 3. The average Bonchev–Trinajstić information content (AvgIpc) is 2.92. The number of nitrogens with one attached hydrogen (secondary N) is 1. The number of carbonyl (C=O) groups excluding carboxylic acids is 1.